The van der Waals surface area contributed by atoms with Crippen LogP contribution in [0.3, 0.4) is 0 Å². The average molecular weight is 430 g/mol. The molecule has 0 radical (unpaired) electrons. The molecule has 0 aliphatic rings. The molecule has 9 nitrogen and oxygen atoms in total. The first-order valence-corrected chi connectivity index (χ1v) is 10.0. The number of ether oxygens (including phenoxy) is 1. The first-order valence-electron chi connectivity index (χ1n) is 10.0. The Bertz CT molecular complexity index is 1230. The van der Waals surface area contributed by atoms with Crippen LogP contribution in [0.25, 0.3) is 11.1 Å². The maximum atomic E-state index is 12.5. The van der Waals surface area contributed by atoms with Crippen LogP contribution in [-0.4, -0.2) is 31.4 Å². The fraction of sp³-hybridized carbons (Fsp3) is 0.130. The first kappa shape index (κ1) is 20.9. The molecule has 0 bridgehead atoms. The van der Waals surface area contributed by atoms with Gasteiger partial charge in [-0.15, -0.1) is 0 Å². The van der Waals surface area contributed by atoms with E-state index in [4.69, 9.17) is 10.5 Å². The van der Waals surface area contributed by atoms with E-state index in [2.05, 4.69) is 15.5 Å². The van der Waals surface area contributed by atoms with Crippen LogP contribution in [0.1, 0.15) is 27.9 Å². The van der Waals surface area contributed by atoms with Gasteiger partial charge in [0.05, 0.1) is 5.69 Å². The topological polar surface area (TPSA) is 117 Å². The van der Waals surface area contributed by atoms with E-state index in [9.17, 15) is 9.59 Å². The number of nitrogens with one attached hydrogen (secondary N) is 1. The molecule has 0 atom stereocenters. The van der Waals surface area contributed by atoms with E-state index in [1.807, 2.05) is 61.5 Å². The van der Waals surface area contributed by atoms with E-state index in [1.54, 1.807) is 18.5 Å². The van der Waals surface area contributed by atoms with E-state index >= 15 is 0 Å². The molecule has 0 saturated heterocycles. The third-order valence-electron chi connectivity index (χ3n) is 4.77. The molecule has 2 heterocycles. The van der Waals surface area contributed by atoms with Gasteiger partial charge in [0.25, 0.3) is 11.8 Å². The van der Waals surface area contributed by atoms with Crippen molar-refractivity contribution < 1.29 is 14.3 Å². The maximum absolute atomic E-state index is 12.5. The van der Waals surface area contributed by atoms with Gasteiger partial charge in [0, 0.05) is 18.9 Å². The number of nitrogens with zero attached hydrogens (tertiary/aromatic N) is 4. The zero-order chi connectivity index (χ0) is 22.5. The summed E-state index contributed by atoms with van der Waals surface area (Å²) in [5.41, 5.74) is 7.98. The number of aromatic nitrogens is 4. The number of carbonyl (C=O) groups is 2. The second-order valence-corrected chi connectivity index (χ2v) is 6.97. The van der Waals surface area contributed by atoms with Crippen molar-refractivity contribution in [2.24, 2.45) is 5.73 Å². The molecule has 162 valence electrons. The molecule has 0 aliphatic carbocycles. The predicted octanol–water partition coefficient (Wildman–Crippen LogP) is 3.15. The van der Waals surface area contributed by atoms with Crippen LogP contribution in [-0.2, 0) is 13.3 Å². The number of nitrogens with two attached hydrogens (primary N) is 1. The van der Waals surface area contributed by atoms with Gasteiger partial charge in [-0.1, -0.05) is 42.5 Å². The van der Waals surface area contributed by atoms with Crippen LogP contribution in [0, 0.1) is 0 Å². The Morgan fingerprint density at radius 1 is 0.969 bits per heavy atom. The van der Waals surface area contributed by atoms with Gasteiger partial charge in [0.15, 0.2) is 18.1 Å². The third-order valence-corrected chi connectivity index (χ3v) is 4.77. The molecule has 9 heteroatoms. The normalized spacial score (nSPS) is 10.7. The minimum atomic E-state index is -0.718. The molecule has 3 N–H and O–H groups in total. The van der Waals surface area contributed by atoms with Gasteiger partial charge >= 0.3 is 0 Å². The van der Waals surface area contributed by atoms with Crippen molar-refractivity contribution >= 4 is 17.5 Å². The summed E-state index contributed by atoms with van der Waals surface area (Å²) in [5, 5.41) is 10.9. The van der Waals surface area contributed by atoms with E-state index < -0.39 is 11.8 Å². The Morgan fingerprint density at radius 2 is 1.69 bits per heavy atom. The zero-order valence-corrected chi connectivity index (χ0v) is 17.4. The molecule has 0 aliphatic heterocycles. The van der Waals surface area contributed by atoms with Crippen molar-refractivity contribution in [2.45, 2.75) is 20.2 Å². The van der Waals surface area contributed by atoms with Crippen LogP contribution < -0.4 is 15.8 Å². The smallest absolute Gasteiger partial charge is 0.276 e. The van der Waals surface area contributed by atoms with E-state index in [1.165, 1.54) is 9.36 Å². The first-order chi connectivity index (χ1) is 15.5. The highest BCUT2D eigenvalue weighted by Crippen LogP contribution is 2.22. The molecule has 0 saturated carbocycles. The lowest BCUT2D eigenvalue weighted by Gasteiger charge is -2.07. The summed E-state index contributed by atoms with van der Waals surface area (Å²) in [6.45, 7) is 2.53. The number of carbonyl (C=O) groups excluding carboxylic acids is 2. The average Bonchev–Trinajstić information content (AvgIpc) is 3.46. The summed E-state index contributed by atoms with van der Waals surface area (Å²) in [4.78, 5) is 24.1. The second kappa shape index (κ2) is 9.17. The Labute approximate surface area is 184 Å². The number of aryl methyl sites for hydroxylation is 1. The van der Waals surface area contributed by atoms with Crippen molar-refractivity contribution in [3.05, 3.63) is 84.4 Å². The summed E-state index contributed by atoms with van der Waals surface area (Å²) in [6.07, 6.45) is 3.19. The highest BCUT2D eigenvalue weighted by molar-refractivity contribution is 6.06. The Kier molecular flexibility index (Phi) is 5.98. The van der Waals surface area contributed by atoms with Crippen LogP contribution >= 0.6 is 0 Å². The maximum Gasteiger partial charge on any atom is 0.276 e. The van der Waals surface area contributed by atoms with E-state index in [0.717, 1.165) is 11.1 Å². The molecular formula is C23H22N6O3. The van der Waals surface area contributed by atoms with Crippen molar-refractivity contribution in [3.63, 3.8) is 0 Å². The van der Waals surface area contributed by atoms with Gasteiger partial charge in [0.2, 0.25) is 0 Å². The van der Waals surface area contributed by atoms with Gasteiger partial charge in [0.1, 0.15) is 5.75 Å². The molecule has 2 aromatic carbocycles. The van der Waals surface area contributed by atoms with Crippen molar-refractivity contribution in [1.29, 1.82) is 0 Å². The minimum Gasteiger partial charge on any atom is -0.471 e. The number of anilines is 1. The SMILES string of the molecule is CCn1cc(NC(=O)c2ccn(COc3ccc(-c4ccccc4)cc3)n2)c(C(N)=O)n1. The highest BCUT2D eigenvalue weighted by Gasteiger charge is 2.18. The van der Waals surface area contributed by atoms with Crippen LogP contribution in [0.2, 0.25) is 0 Å². The van der Waals surface area contributed by atoms with Crippen LogP contribution in [0.4, 0.5) is 5.69 Å². The lowest BCUT2D eigenvalue weighted by Crippen LogP contribution is -2.18. The van der Waals surface area contributed by atoms with Gasteiger partial charge in [-0.25, -0.2) is 4.68 Å². The van der Waals surface area contributed by atoms with Crippen molar-refractivity contribution in [2.75, 3.05) is 5.32 Å². The largest absolute Gasteiger partial charge is 0.471 e. The van der Waals surface area contributed by atoms with Crippen LogP contribution in [0.15, 0.2) is 73.1 Å². The van der Waals surface area contributed by atoms with Gasteiger partial charge < -0.3 is 15.8 Å². The number of rotatable bonds is 8. The number of hydrogen-bond acceptors (Lipinski definition) is 5. The Balaban J connectivity index is 1.37. The Morgan fingerprint density at radius 3 is 2.38 bits per heavy atom. The number of hydrogen-bond donors (Lipinski definition) is 2. The van der Waals surface area contributed by atoms with Gasteiger partial charge in [-0.05, 0) is 36.2 Å². The predicted molar refractivity (Wildman–Crippen MR) is 119 cm³/mol. The van der Waals surface area contributed by atoms with Crippen molar-refractivity contribution in [1.82, 2.24) is 19.6 Å². The molecule has 4 aromatic rings. The fourth-order valence-electron chi connectivity index (χ4n) is 3.11. The summed E-state index contributed by atoms with van der Waals surface area (Å²) in [5.74, 6) is -0.511. The summed E-state index contributed by atoms with van der Waals surface area (Å²) in [7, 11) is 0. The quantitative estimate of drug-likeness (QED) is 0.445. The van der Waals surface area contributed by atoms with E-state index in [0.29, 0.717) is 12.3 Å². The summed E-state index contributed by atoms with van der Waals surface area (Å²) >= 11 is 0. The Hall–Kier alpha value is -4.40. The lowest BCUT2D eigenvalue weighted by molar-refractivity contribution is 0.0995. The molecule has 4 rings (SSSR count). The fourth-order valence-corrected chi connectivity index (χ4v) is 3.11. The molecule has 2 aromatic heterocycles. The third kappa shape index (κ3) is 4.67. The van der Waals surface area contributed by atoms with Gasteiger partial charge in [-0.2, -0.15) is 10.2 Å². The van der Waals surface area contributed by atoms with Crippen molar-refractivity contribution in [3.8, 4) is 16.9 Å². The number of primary amides is 1. The zero-order valence-electron chi connectivity index (χ0n) is 17.4. The molecule has 0 unspecified atom stereocenters. The lowest BCUT2D eigenvalue weighted by atomic mass is 10.1. The van der Waals surface area contributed by atoms with Crippen LogP contribution in [0.5, 0.6) is 5.75 Å². The molecule has 2 amide bonds. The molecular weight excluding hydrogens is 408 g/mol. The number of benzene rings is 2. The molecule has 0 fully saturated rings. The highest BCUT2D eigenvalue weighted by atomic mass is 16.5. The summed E-state index contributed by atoms with van der Waals surface area (Å²) in [6, 6.07) is 19.4. The van der Waals surface area contributed by atoms with Gasteiger partial charge in [-0.3, -0.25) is 14.3 Å². The van der Waals surface area contributed by atoms with E-state index in [-0.39, 0.29) is 23.8 Å². The number of amides is 2. The standard InChI is InChI=1S/C23H22N6O3/c1-2-28-14-20(21(27-28)22(24)30)25-23(31)19-12-13-29(26-19)15-32-18-10-8-17(9-11-18)16-6-4-3-5-7-16/h3-14H,2,15H2,1H3,(H2,24,30)(H,25,31). The molecule has 32 heavy (non-hydrogen) atoms. The summed E-state index contributed by atoms with van der Waals surface area (Å²) < 4.78 is 8.78. The minimum absolute atomic E-state index is 0.00177. The molecule has 0 spiro atoms. The second-order valence-electron chi connectivity index (χ2n) is 6.97. The monoisotopic (exact) mass is 430 g/mol.